The molecule has 2 aromatic heterocycles. The van der Waals surface area contributed by atoms with Crippen molar-refractivity contribution in [3.05, 3.63) is 102 Å². The van der Waals surface area contributed by atoms with Gasteiger partial charge in [-0.1, -0.05) is 46.9 Å². The van der Waals surface area contributed by atoms with E-state index in [1.165, 1.54) is 11.4 Å². The maximum atomic E-state index is 11.8. The summed E-state index contributed by atoms with van der Waals surface area (Å²) in [5.74, 6) is 1.76. The molecular formula is C45H53IN10O4. The number of benzene rings is 2. The van der Waals surface area contributed by atoms with Crippen LogP contribution in [0.25, 0.3) is 0 Å². The molecule has 3 saturated heterocycles. The molecule has 9 rings (SSSR count). The molecule has 5 aliphatic rings. The Morgan fingerprint density at radius 3 is 2.23 bits per heavy atom. The van der Waals surface area contributed by atoms with Crippen LogP contribution < -0.4 is 30.8 Å². The summed E-state index contributed by atoms with van der Waals surface area (Å²) in [6.45, 7) is 9.37. The minimum Gasteiger partial charge on any atom is -0.383 e. The first-order valence-electron chi connectivity index (χ1n) is 21.2. The molecule has 0 spiro atoms. The Kier molecular flexibility index (Phi) is 11.8. The third-order valence-electron chi connectivity index (χ3n) is 12.9. The lowest BCUT2D eigenvalue weighted by atomic mass is 9.89. The van der Waals surface area contributed by atoms with E-state index in [-0.39, 0.29) is 17.7 Å². The van der Waals surface area contributed by atoms with Gasteiger partial charge in [0.25, 0.3) is 0 Å². The summed E-state index contributed by atoms with van der Waals surface area (Å²) in [5, 5.41) is 35.8. The number of carbonyl (C=O) groups is 2. The molecule has 3 fully saturated rings. The third kappa shape index (κ3) is 8.34. The summed E-state index contributed by atoms with van der Waals surface area (Å²) in [7, 11) is 0. The highest BCUT2D eigenvalue weighted by Gasteiger charge is 2.42. The van der Waals surface area contributed by atoms with Gasteiger partial charge in [0.15, 0.2) is 12.0 Å². The lowest BCUT2D eigenvalue weighted by Crippen LogP contribution is -2.45. The molecule has 1 aliphatic carbocycles. The molecule has 314 valence electrons. The lowest BCUT2D eigenvalue weighted by molar-refractivity contribution is -0.133. The van der Waals surface area contributed by atoms with Gasteiger partial charge in [-0.15, -0.1) is 6.58 Å². The van der Waals surface area contributed by atoms with Crippen molar-refractivity contribution in [2.75, 3.05) is 63.8 Å². The van der Waals surface area contributed by atoms with Crippen LogP contribution in [0.4, 0.5) is 34.6 Å². The van der Waals surface area contributed by atoms with Crippen LogP contribution in [0.5, 0.6) is 0 Å². The van der Waals surface area contributed by atoms with E-state index in [9.17, 15) is 19.8 Å². The number of nitrogens with one attached hydrogen (secondary N) is 3. The monoisotopic (exact) mass is 924 g/mol. The van der Waals surface area contributed by atoms with E-state index in [0.29, 0.717) is 71.0 Å². The van der Waals surface area contributed by atoms with Crippen molar-refractivity contribution in [3.8, 4) is 0 Å². The predicted octanol–water partition coefficient (Wildman–Crippen LogP) is 5.72. The Hall–Kier alpha value is -4.68. The number of imide groups is 1. The van der Waals surface area contributed by atoms with Crippen LogP contribution in [0.3, 0.4) is 0 Å². The molecule has 14 nitrogen and oxygen atoms in total. The molecule has 60 heavy (non-hydrogen) atoms. The summed E-state index contributed by atoms with van der Waals surface area (Å²) < 4.78 is 0.548. The average molecular weight is 925 g/mol. The Morgan fingerprint density at radius 2 is 1.57 bits per heavy atom. The Labute approximate surface area is 364 Å². The van der Waals surface area contributed by atoms with E-state index in [4.69, 9.17) is 9.97 Å². The number of fused-ring (bicyclic) bond motifs is 2. The van der Waals surface area contributed by atoms with E-state index in [2.05, 4.69) is 108 Å². The molecule has 0 bridgehead atoms. The smallest absolute Gasteiger partial charge is 0.229 e. The molecule has 2 amide bonds. The fourth-order valence-corrected chi connectivity index (χ4v) is 10.2. The fourth-order valence-electron chi connectivity index (χ4n) is 9.46. The third-order valence-corrected chi connectivity index (χ3v) is 14.2. The second-order valence-corrected chi connectivity index (χ2v) is 17.6. The van der Waals surface area contributed by atoms with Gasteiger partial charge >= 0.3 is 0 Å². The van der Waals surface area contributed by atoms with Gasteiger partial charge < -0.3 is 30.6 Å². The Morgan fingerprint density at radius 1 is 0.900 bits per heavy atom. The molecule has 0 saturated carbocycles. The van der Waals surface area contributed by atoms with E-state index in [1.54, 1.807) is 17.3 Å². The summed E-state index contributed by atoms with van der Waals surface area (Å²) in [6.07, 6.45) is 9.08. The predicted molar refractivity (Wildman–Crippen MR) is 241 cm³/mol. The maximum absolute atomic E-state index is 11.8. The minimum absolute atomic E-state index is 0.0328. The highest BCUT2D eigenvalue weighted by molar-refractivity contribution is 14.1. The normalized spacial score (nSPS) is 22.9. The van der Waals surface area contributed by atoms with Gasteiger partial charge in [-0.3, -0.25) is 14.9 Å². The van der Waals surface area contributed by atoms with Gasteiger partial charge in [0.2, 0.25) is 17.8 Å². The average Bonchev–Trinajstić information content (AvgIpc) is 3.75. The summed E-state index contributed by atoms with van der Waals surface area (Å²) in [6, 6.07) is 21.3. The number of hydrogen-bond donors (Lipinski definition) is 5. The van der Waals surface area contributed by atoms with Crippen molar-refractivity contribution in [3.63, 3.8) is 0 Å². The Balaban J connectivity index is 0.756. The van der Waals surface area contributed by atoms with E-state index < -0.39 is 11.8 Å². The first kappa shape index (κ1) is 40.7. The van der Waals surface area contributed by atoms with Crippen molar-refractivity contribution in [2.24, 2.45) is 5.92 Å². The van der Waals surface area contributed by atoms with E-state index >= 15 is 0 Å². The van der Waals surface area contributed by atoms with Gasteiger partial charge in [0.1, 0.15) is 11.4 Å². The summed E-state index contributed by atoms with van der Waals surface area (Å²) in [5.41, 5.74) is 5.65. The molecule has 2 aromatic carbocycles. The summed E-state index contributed by atoms with van der Waals surface area (Å²) in [4.78, 5) is 43.0. The maximum Gasteiger partial charge on any atom is 0.229 e. The van der Waals surface area contributed by atoms with Crippen molar-refractivity contribution in [2.45, 2.75) is 75.2 Å². The second kappa shape index (κ2) is 17.4. The number of alkyl halides is 1. The van der Waals surface area contributed by atoms with Gasteiger partial charge in [-0.05, 0) is 105 Å². The number of carbonyl (C=O) groups excluding carboxylic acids is 2. The second-order valence-electron chi connectivity index (χ2n) is 16.9. The molecule has 4 aliphatic heterocycles. The minimum atomic E-state index is -0.978. The largest absolute Gasteiger partial charge is 0.383 e. The highest BCUT2D eigenvalue weighted by atomic mass is 127. The summed E-state index contributed by atoms with van der Waals surface area (Å²) >= 11 is 2.22. The number of anilines is 6. The van der Waals surface area contributed by atoms with E-state index in [1.807, 2.05) is 17.1 Å². The van der Waals surface area contributed by atoms with Crippen LogP contribution in [0.2, 0.25) is 0 Å². The van der Waals surface area contributed by atoms with Crippen LogP contribution in [0.1, 0.15) is 79.5 Å². The lowest BCUT2D eigenvalue weighted by Gasteiger charge is -2.37. The van der Waals surface area contributed by atoms with Crippen LogP contribution >= 0.6 is 22.6 Å². The number of aliphatic hydroxyl groups excluding tert-OH is 1. The van der Waals surface area contributed by atoms with Crippen molar-refractivity contribution < 1.29 is 19.8 Å². The number of hydrazine groups is 1. The molecular weight excluding hydrogens is 871 g/mol. The number of aryl methyl sites for hydroxylation is 1. The van der Waals surface area contributed by atoms with Gasteiger partial charge in [0.05, 0.1) is 11.3 Å². The molecule has 1 unspecified atom stereocenters. The zero-order valence-electron chi connectivity index (χ0n) is 33.8. The first-order chi connectivity index (χ1) is 29.2. The number of amides is 2. The number of nitrogens with zero attached hydrogens (tertiary/aromatic N) is 7. The standard InChI is InChI=1S/C45H53IN10O4/c1-2-19-55-43(59)37-27-48-44(52-42(37)56(55)38-12-5-31-13-18-45(60,28-46)41(31)50-38)49-34-6-10-36(11-7-34)53-20-14-29(15-21-53)26-47-33-16-22-54(23-17-33)35-8-3-30(4-9-35)32-24-39(57)51-40(58)25-32/h2-12,27,29,32-33,43,47,59-60H,1,13-26,28H2,(H,48,49,52)(H,51,57,58)/t43?,45-/m0/s1. The van der Waals surface area contributed by atoms with Gasteiger partial charge in [-0.25, -0.2) is 15.0 Å². The van der Waals surface area contributed by atoms with Crippen LogP contribution in [-0.2, 0) is 21.6 Å². The number of pyridine rings is 1. The zero-order valence-corrected chi connectivity index (χ0v) is 35.9. The molecule has 2 atom stereocenters. The number of piperidine rings is 3. The van der Waals surface area contributed by atoms with Gasteiger partial charge in [0, 0.05) is 85.2 Å². The molecule has 15 heteroatoms. The van der Waals surface area contributed by atoms with Crippen LogP contribution in [-0.4, -0.2) is 91.7 Å². The molecule has 4 aromatic rings. The van der Waals surface area contributed by atoms with E-state index in [0.717, 1.165) is 81.6 Å². The first-order valence-corrected chi connectivity index (χ1v) is 22.7. The molecule has 6 heterocycles. The quantitative estimate of drug-likeness (QED) is 0.0508. The number of hydrogen-bond acceptors (Lipinski definition) is 13. The van der Waals surface area contributed by atoms with Crippen LogP contribution in [0, 0.1) is 5.92 Å². The fraction of sp³-hybridized carbons (Fsp3) is 0.444. The van der Waals surface area contributed by atoms with Crippen LogP contribution in [0.15, 0.2) is 79.5 Å². The Bertz CT molecular complexity index is 2190. The van der Waals surface area contributed by atoms with Crippen molar-refractivity contribution in [1.82, 2.24) is 30.6 Å². The van der Waals surface area contributed by atoms with Gasteiger partial charge in [-0.2, -0.15) is 9.99 Å². The van der Waals surface area contributed by atoms with Crippen molar-refractivity contribution in [1.29, 1.82) is 0 Å². The number of halogens is 1. The number of aromatic nitrogens is 3. The molecule has 0 radical (unpaired) electrons. The topological polar surface area (TPSA) is 162 Å². The number of rotatable bonds is 12. The molecule has 5 N–H and O–H groups in total. The van der Waals surface area contributed by atoms with Crippen molar-refractivity contribution >= 4 is 69.1 Å². The number of aliphatic hydroxyl groups is 2. The SMILES string of the molecule is C=CCN1C(O)c2cnc(Nc3ccc(N4CCC(CNC5CCN(c6ccc(C7CC(=O)NC(=O)C7)cc6)CC5)CC4)cc3)nc2N1c1ccc2c(n1)[C@@](O)(CI)CC2. The highest BCUT2D eigenvalue weighted by Crippen LogP contribution is 2.44. The zero-order chi connectivity index (χ0) is 41.4.